The zero-order chi connectivity index (χ0) is 15.4. The maximum atomic E-state index is 5.19. The molecule has 0 unspecified atom stereocenters. The summed E-state index contributed by atoms with van der Waals surface area (Å²) in [5.41, 5.74) is 3.52. The molecule has 1 N–H and O–H groups in total. The summed E-state index contributed by atoms with van der Waals surface area (Å²) in [6, 6.07) is 8.42. The summed E-state index contributed by atoms with van der Waals surface area (Å²) >= 11 is 3.65. The lowest BCUT2D eigenvalue weighted by atomic mass is 10.1. The fourth-order valence-corrected chi connectivity index (χ4v) is 3.03. The summed E-state index contributed by atoms with van der Waals surface area (Å²) < 4.78 is 8.24. The van der Waals surface area contributed by atoms with Crippen molar-refractivity contribution in [3.05, 3.63) is 45.7 Å². The van der Waals surface area contributed by atoms with Gasteiger partial charge in [-0.15, -0.1) is 0 Å². The minimum atomic E-state index is 0.266. The van der Waals surface area contributed by atoms with E-state index in [4.69, 9.17) is 4.74 Å². The first kappa shape index (κ1) is 16.0. The third-order valence-corrected chi connectivity index (χ3v) is 4.61. The second kappa shape index (κ2) is 7.09. The van der Waals surface area contributed by atoms with Crippen LogP contribution < -0.4 is 10.1 Å². The van der Waals surface area contributed by atoms with Crippen LogP contribution in [0.15, 0.2) is 28.7 Å². The zero-order valence-electron chi connectivity index (χ0n) is 13.0. The van der Waals surface area contributed by atoms with Crippen LogP contribution in [-0.2, 0) is 20.0 Å². The van der Waals surface area contributed by atoms with E-state index in [0.29, 0.717) is 0 Å². The summed E-state index contributed by atoms with van der Waals surface area (Å²) in [4.78, 5) is 0. The lowest BCUT2D eigenvalue weighted by Crippen LogP contribution is -2.20. The van der Waals surface area contributed by atoms with Crippen LogP contribution in [0, 0.1) is 0 Å². The standard InChI is InChI=1S/C16H22BrN3O/c1-5-14-16(17)15(20(3)19-14)10-18-11(2)12-6-8-13(21-4)9-7-12/h6-9,11,18H,5,10H2,1-4H3/t11-/m0/s1. The molecule has 114 valence electrons. The first-order valence-corrected chi connectivity index (χ1v) is 7.93. The van der Waals surface area contributed by atoms with Gasteiger partial charge in [-0.05, 0) is 47.0 Å². The predicted octanol–water partition coefficient (Wildman–Crippen LogP) is 3.60. The molecule has 0 bridgehead atoms. The molecule has 0 spiro atoms. The number of nitrogens with one attached hydrogen (secondary N) is 1. The normalized spacial score (nSPS) is 12.4. The van der Waals surface area contributed by atoms with Crippen molar-refractivity contribution >= 4 is 15.9 Å². The molecule has 0 amide bonds. The lowest BCUT2D eigenvalue weighted by Gasteiger charge is -2.15. The van der Waals surface area contributed by atoms with Gasteiger partial charge < -0.3 is 10.1 Å². The molecule has 2 rings (SSSR count). The van der Waals surface area contributed by atoms with Gasteiger partial charge in [-0.2, -0.15) is 5.10 Å². The zero-order valence-corrected chi connectivity index (χ0v) is 14.6. The first-order valence-electron chi connectivity index (χ1n) is 7.14. The molecule has 0 aliphatic carbocycles. The molecule has 0 aliphatic rings. The summed E-state index contributed by atoms with van der Waals surface area (Å²) in [5, 5.41) is 8.06. The molecule has 5 heteroatoms. The van der Waals surface area contributed by atoms with E-state index >= 15 is 0 Å². The minimum absolute atomic E-state index is 0.266. The summed E-state index contributed by atoms with van der Waals surface area (Å²) in [6.45, 7) is 5.05. The Labute approximate surface area is 134 Å². The smallest absolute Gasteiger partial charge is 0.118 e. The van der Waals surface area contributed by atoms with Crippen molar-refractivity contribution in [2.45, 2.75) is 32.9 Å². The van der Waals surface area contributed by atoms with E-state index in [2.05, 4.69) is 52.3 Å². The van der Waals surface area contributed by atoms with E-state index in [-0.39, 0.29) is 6.04 Å². The number of halogens is 1. The van der Waals surface area contributed by atoms with Crippen molar-refractivity contribution in [3.63, 3.8) is 0 Å². The highest BCUT2D eigenvalue weighted by Crippen LogP contribution is 2.23. The number of ether oxygens (including phenoxy) is 1. The maximum absolute atomic E-state index is 5.19. The van der Waals surface area contributed by atoms with Gasteiger partial charge in [0, 0.05) is 19.6 Å². The van der Waals surface area contributed by atoms with Crippen molar-refractivity contribution < 1.29 is 4.74 Å². The number of aromatic nitrogens is 2. The Hall–Kier alpha value is -1.33. The van der Waals surface area contributed by atoms with Gasteiger partial charge in [-0.1, -0.05) is 19.1 Å². The van der Waals surface area contributed by atoms with Crippen LogP contribution in [0.3, 0.4) is 0 Å². The van der Waals surface area contributed by atoms with E-state index in [9.17, 15) is 0 Å². The average Bonchev–Trinajstić information content (AvgIpc) is 2.79. The molecule has 1 atom stereocenters. The van der Waals surface area contributed by atoms with Gasteiger partial charge in [0.05, 0.1) is 23.0 Å². The minimum Gasteiger partial charge on any atom is -0.497 e. The van der Waals surface area contributed by atoms with Crippen LogP contribution in [0.2, 0.25) is 0 Å². The average molecular weight is 352 g/mol. The fourth-order valence-electron chi connectivity index (χ4n) is 2.27. The molecule has 1 aromatic heterocycles. The molecule has 0 radical (unpaired) electrons. The SMILES string of the molecule is CCc1nn(C)c(CN[C@@H](C)c2ccc(OC)cc2)c1Br. The second-order valence-electron chi connectivity index (χ2n) is 5.06. The van der Waals surface area contributed by atoms with Crippen LogP contribution >= 0.6 is 15.9 Å². The van der Waals surface area contributed by atoms with E-state index in [1.807, 2.05) is 23.9 Å². The molecule has 1 aromatic carbocycles. The van der Waals surface area contributed by atoms with Crippen LogP contribution in [0.25, 0.3) is 0 Å². The number of rotatable bonds is 6. The van der Waals surface area contributed by atoms with E-state index in [1.54, 1.807) is 7.11 Å². The number of nitrogens with zero attached hydrogens (tertiary/aromatic N) is 2. The van der Waals surface area contributed by atoms with Crippen molar-refractivity contribution in [2.75, 3.05) is 7.11 Å². The monoisotopic (exact) mass is 351 g/mol. The molecule has 1 heterocycles. The Bertz CT molecular complexity index is 592. The van der Waals surface area contributed by atoms with Gasteiger partial charge in [-0.25, -0.2) is 0 Å². The fraction of sp³-hybridized carbons (Fsp3) is 0.438. The first-order chi connectivity index (χ1) is 10.1. The molecule has 0 aliphatic heterocycles. The van der Waals surface area contributed by atoms with Gasteiger partial charge in [0.25, 0.3) is 0 Å². The molecule has 0 saturated heterocycles. The second-order valence-corrected chi connectivity index (χ2v) is 5.85. The number of methoxy groups -OCH3 is 1. The maximum Gasteiger partial charge on any atom is 0.118 e. The van der Waals surface area contributed by atoms with E-state index in [0.717, 1.165) is 28.9 Å². The summed E-state index contributed by atoms with van der Waals surface area (Å²) in [6.07, 6.45) is 0.933. The Morgan fingerprint density at radius 2 is 2.00 bits per heavy atom. The number of hydrogen-bond acceptors (Lipinski definition) is 3. The van der Waals surface area contributed by atoms with Gasteiger partial charge >= 0.3 is 0 Å². The summed E-state index contributed by atoms with van der Waals surface area (Å²) in [7, 11) is 3.67. The molecule has 4 nitrogen and oxygen atoms in total. The van der Waals surface area contributed by atoms with Crippen LogP contribution in [0.1, 0.15) is 36.8 Å². The van der Waals surface area contributed by atoms with Gasteiger partial charge in [0.1, 0.15) is 5.75 Å². The number of benzene rings is 1. The third kappa shape index (κ3) is 3.66. The van der Waals surface area contributed by atoms with Crippen LogP contribution in [0.4, 0.5) is 0 Å². The Morgan fingerprint density at radius 3 is 2.52 bits per heavy atom. The van der Waals surface area contributed by atoms with E-state index in [1.165, 1.54) is 11.3 Å². The Kier molecular flexibility index (Phi) is 5.42. The largest absolute Gasteiger partial charge is 0.497 e. The molecule has 0 saturated carbocycles. The predicted molar refractivity (Wildman–Crippen MR) is 88.5 cm³/mol. The van der Waals surface area contributed by atoms with Gasteiger partial charge in [-0.3, -0.25) is 4.68 Å². The van der Waals surface area contributed by atoms with Crippen molar-refractivity contribution in [2.24, 2.45) is 7.05 Å². The topological polar surface area (TPSA) is 39.1 Å². The van der Waals surface area contributed by atoms with Gasteiger partial charge in [0.2, 0.25) is 0 Å². The van der Waals surface area contributed by atoms with Crippen molar-refractivity contribution in [3.8, 4) is 5.75 Å². The number of hydrogen-bond donors (Lipinski definition) is 1. The lowest BCUT2D eigenvalue weighted by molar-refractivity contribution is 0.414. The van der Waals surface area contributed by atoms with Crippen molar-refractivity contribution in [1.29, 1.82) is 0 Å². The van der Waals surface area contributed by atoms with E-state index < -0.39 is 0 Å². The highest BCUT2D eigenvalue weighted by Gasteiger charge is 2.13. The van der Waals surface area contributed by atoms with Crippen LogP contribution in [-0.4, -0.2) is 16.9 Å². The van der Waals surface area contributed by atoms with Crippen molar-refractivity contribution in [1.82, 2.24) is 15.1 Å². The molecule has 21 heavy (non-hydrogen) atoms. The Balaban J connectivity index is 2.03. The summed E-state index contributed by atoms with van der Waals surface area (Å²) in [5.74, 6) is 0.882. The molecular formula is C16H22BrN3O. The quantitative estimate of drug-likeness (QED) is 0.863. The van der Waals surface area contributed by atoms with Gasteiger partial charge in [0.15, 0.2) is 0 Å². The van der Waals surface area contributed by atoms with Crippen LogP contribution in [0.5, 0.6) is 5.75 Å². The highest BCUT2D eigenvalue weighted by atomic mass is 79.9. The molecule has 0 fully saturated rings. The highest BCUT2D eigenvalue weighted by molar-refractivity contribution is 9.10. The molecule has 2 aromatic rings. The number of aryl methyl sites for hydroxylation is 2. The third-order valence-electron chi connectivity index (χ3n) is 3.69. The molecular weight excluding hydrogens is 330 g/mol. The Morgan fingerprint density at radius 1 is 1.33 bits per heavy atom.